The first-order valence-electron chi connectivity index (χ1n) is 2.87. The van der Waals surface area contributed by atoms with Gasteiger partial charge < -0.3 is 5.73 Å². The van der Waals surface area contributed by atoms with Crippen LogP contribution in [-0.4, -0.2) is 17.7 Å². The van der Waals surface area contributed by atoms with Crippen molar-refractivity contribution in [2.75, 3.05) is 0 Å². The van der Waals surface area contributed by atoms with Gasteiger partial charge in [-0.3, -0.25) is 4.79 Å². The number of primary amides is 1. The monoisotopic (exact) mass is 140 g/mol. The van der Waals surface area contributed by atoms with Crippen LogP contribution < -0.4 is 5.73 Å². The third-order valence-corrected chi connectivity index (χ3v) is 1.19. The normalized spacial score (nSPS) is 29.3. The fourth-order valence-electron chi connectivity index (χ4n) is 0.738. The van der Waals surface area contributed by atoms with E-state index in [1.165, 1.54) is 6.21 Å². The highest BCUT2D eigenvalue weighted by atomic mass is 16.1. The maximum absolute atomic E-state index is 10.4. The molecule has 0 aromatic heterocycles. The topological polar surface area (TPSA) is 80.2 Å². The van der Waals surface area contributed by atoms with Gasteiger partial charge in [0.2, 0.25) is 5.91 Å². The minimum atomic E-state index is -0.591. The lowest BCUT2D eigenvalue weighted by atomic mass is 10.0. The van der Waals surface area contributed by atoms with Gasteiger partial charge in [0.05, 0.1) is 12.6 Å². The molecule has 0 bridgehead atoms. The second-order valence-corrected chi connectivity index (χ2v) is 2.43. The Hall–Kier alpha value is -1.26. The van der Waals surface area contributed by atoms with Gasteiger partial charge in [0, 0.05) is 0 Å². The molecule has 10 heavy (non-hydrogen) atoms. The smallest absolute Gasteiger partial charge is 0.220 e. The summed E-state index contributed by atoms with van der Waals surface area (Å²) in [6.07, 6.45) is 1.68. The van der Waals surface area contributed by atoms with Crippen molar-refractivity contribution >= 4 is 12.1 Å². The van der Waals surface area contributed by atoms with Gasteiger partial charge in [0.25, 0.3) is 0 Å². The summed E-state index contributed by atoms with van der Waals surface area (Å²) in [7, 11) is 0. The molecule has 0 fully saturated rings. The number of carbonyl (C=O) groups is 1. The molecular weight excluding hydrogens is 132 g/mol. The van der Waals surface area contributed by atoms with E-state index in [2.05, 4.69) is 15.4 Å². The molecule has 1 heterocycles. The van der Waals surface area contributed by atoms with E-state index in [-0.39, 0.29) is 6.42 Å². The summed E-state index contributed by atoms with van der Waals surface area (Å²) in [6.45, 7) is 1.75. The van der Waals surface area contributed by atoms with Gasteiger partial charge in [-0.15, -0.1) is 5.10 Å². The highest BCUT2D eigenvalue weighted by Gasteiger charge is 2.26. The second-order valence-electron chi connectivity index (χ2n) is 2.43. The molecule has 54 valence electrons. The van der Waals surface area contributed by atoms with Crippen LogP contribution >= 0.6 is 0 Å². The Balaban J connectivity index is 2.62. The molecule has 0 aromatic rings. The van der Waals surface area contributed by atoms with Crippen LogP contribution in [-0.2, 0) is 4.79 Å². The summed E-state index contributed by atoms with van der Waals surface area (Å²) in [5, 5.41) is 10.6. The zero-order chi connectivity index (χ0) is 7.61. The molecule has 0 saturated carbocycles. The van der Waals surface area contributed by atoms with Crippen molar-refractivity contribution in [3.63, 3.8) is 0 Å². The number of rotatable bonds is 2. The van der Waals surface area contributed by atoms with Gasteiger partial charge in [-0.05, 0) is 12.1 Å². The maximum Gasteiger partial charge on any atom is 0.220 e. The van der Waals surface area contributed by atoms with Gasteiger partial charge in [0.1, 0.15) is 5.54 Å². The Morgan fingerprint density at radius 1 is 1.80 bits per heavy atom. The minimum Gasteiger partial charge on any atom is -0.370 e. The van der Waals surface area contributed by atoms with Gasteiger partial charge in [-0.1, -0.05) is 0 Å². The molecule has 1 aliphatic rings. The quantitative estimate of drug-likeness (QED) is 0.578. The van der Waals surface area contributed by atoms with Crippen molar-refractivity contribution in [3.05, 3.63) is 0 Å². The van der Waals surface area contributed by atoms with Crippen LogP contribution in [0.3, 0.4) is 0 Å². The molecule has 1 amide bonds. The molecule has 0 aromatic carbocycles. The third kappa shape index (κ3) is 1.37. The average molecular weight is 140 g/mol. The zero-order valence-electron chi connectivity index (χ0n) is 5.61. The molecule has 1 aliphatic heterocycles. The number of hydrogen-bond acceptors (Lipinski definition) is 4. The van der Waals surface area contributed by atoms with E-state index in [1.54, 1.807) is 6.92 Å². The molecule has 2 N–H and O–H groups in total. The van der Waals surface area contributed by atoms with E-state index in [0.717, 1.165) is 0 Å². The summed E-state index contributed by atoms with van der Waals surface area (Å²) < 4.78 is 0. The molecule has 0 saturated heterocycles. The summed E-state index contributed by atoms with van der Waals surface area (Å²) >= 11 is 0. The highest BCUT2D eigenvalue weighted by Crippen LogP contribution is 2.16. The summed E-state index contributed by atoms with van der Waals surface area (Å²) in [4.78, 5) is 10.4. The van der Waals surface area contributed by atoms with Crippen LogP contribution in [0.4, 0.5) is 0 Å². The number of nitrogens with two attached hydrogens (primary N) is 1. The van der Waals surface area contributed by atoms with E-state index < -0.39 is 11.4 Å². The van der Waals surface area contributed by atoms with E-state index in [0.29, 0.717) is 0 Å². The van der Waals surface area contributed by atoms with Gasteiger partial charge in [0.15, 0.2) is 0 Å². The van der Waals surface area contributed by atoms with Crippen LogP contribution in [0.25, 0.3) is 0 Å². The van der Waals surface area contributed by atoms with Gasteiger partial charge >= 0.3 is 0 Å². The Labute approximate surface area is 58.0 Å². The largest absolute Gasteiger partial charge is 0.370 e. The Morgan fingerprint density at radius 2 is 2.50 bits per heavy atom. The zero-order valence-corrected chi connectivity index (χ0v) is 5.61. The van der Waals surface area contributed by atoms with Crippen LogP contribution in [0, 0.1) is 0 Å². The predicted octanol–water partition coefficient (Wildman–Crippen LogP) is 0.0721. The standard InChI is InChI=1S/C5H8N4O/c1-5(2-4(6)10)3-7-9-8-5/h3H,2H2,1H3,(H2,6,10). The lowest BCUT2D eigenvalue weighted by Gasteiger charge is -2.10. The third-order valence-electron chi connectivity index (χ3n) is 1.19. The van der Waals surface area contributed by atoms with Gasteiger partial charge in [-0.2, -0.15) is 5.11 Å². The molecule has 0 spiro atoms. The molecule has 1 unspecified atom stereocenters. The lowest BCUT2D eigenvalue weighted by Crippen LogP contribution is -2.29. The SMILES string of the molecule is CC1(CC(N)=O)C=NN=N1. The van der Waals surface area contributed by atoms with E-state index in [1.807, 2.05) is 0 Å². The second kappa shape index (κ2) is 2.17. The average Bonchev–Trinajstić information content (AvgIpc) is 2.12. The summed E-state index contributed by atoms with van der Waals surface area (Å²) in [5.41, 5.74) is 4.36. The minimum absolute atomic E-state index is 0.167. The van der Waals surface area contributed by atoms with E-state index >= 15 is 0 Å². The molecule has 1 atom stereocenters. The van der Waals surface area contributed by atoms with Crippen molar-refractivity contribution in [3.8, 4) is 0 Å². The van der Waals surface area contributed by atoms with E-state index in [4.69, 9.17) is 5.73 Å². The number of hydrogen-bond donors (Lipinski definition) is 1. The Morgan fingerprint density at radius 3 is 2.90 bits per heavy atom. The fourth-order valence-corrected chi connectivity index (χ4v) is 0.738. The summed E-state index contributed by atoms with van der Waals surface area (Å²) in [6, 6.07) is 0. The first kappa shape index (κ1) is 6.85. The Kier molecular flexibility index (Phi) is 1.48. The molecular formula is C5H8N4O. The fraction of sp³-hybridized carbons (Fsp3) is 0.600. The van der Waals surface area contributed by atoms with Crippen molar-refractivity contribution in [2.45, 2.75) is 18.9 Å². The van der Waals surface area contributed by atoms with Crippen LogP contribution in [0.5, 0.6) is 0 Å². The Bertz CT molecular complexity index is 196. The van der Waals surface area contributed by atoms with Crippen molar-refractivity contribution in [2.24, 2.45) is 21.2 Å². The van der Waals surface area contributed by atoms with Gasteiger partial charge in [-0.25, -0.2) is 0 Å². The van der Waals surface area contributed by atoms with E-state index in [9.17, 15) is 4.79 Å². The first-order valence-corrected chi connectivity index (χ1v) is 2.87. The lowest BCUT2D eigenvalue weighted by molar-refractivity contribution is -0.118. The highest BCUT2D eigenvalue weighted by molar-refractivity contribution is 5.83. The molecule has 0 radical (unpaired) electrons. The number of nitrogens with zero attached hydrogens (tertiary/aromatic N) is 3. The summed E-state index contributed by atoms with van der Waals surface area (Å²) in [5.74, 6) is -0.394. The molecule has 0 aliphatic carbocycles. The number of carbonyl (C=O) groups excluding carboxylic acids is 1. The molecule has 1 rings (SSSR count). The predicted molar refractivity (Wildman–Crippen MR) is 35.6 cm³/mol. The molecule has 5 heteroatoms. The van der Waals surface area contributed by atoms with Crippen molar-refractivity contribution in [1.82, 2.24) is 0 Å². The maximum atomic E-state index is 10.4. The van der Waals surface area contributed by atoms with Crippen molar-refractivity contribution < 1.29 is 4.79 Å². The van der Waals surface area contributed by atoms with Crippen LogP contribution in [0.15, 0.2) is 15.4 Å². The first-order chi connectivity index (χ1) is 4.62. The van der Waals surface area contributed by atoms with Crippen LogP contribution in [0.2, 0.25) is 0 Å². The van der Waals surface area contributed by atoms with Crippen LogP contribution in [0.1, 0.15) is 13.3 Å². The number of amides is 1. The molecule has 5 nitrogen and oxygen atoms in total. The van der Waals surface area contributed by atoms with Crippen molar-refractivity contribution in [1.29, 1.82) is 0 Å².